The third kappa shape index (κ3) is 5.26. The van der Waals surface area contributed by atoms with Gasteiger partial charge in [-0.15, -0.1) is 0 Å². The van der Waals surface area contributed by atoms with Crippen molar-refractivity contribution in [3.05, 3.63) is 54.4 Å². The summed E-state index contributed by atoms with van der Waals surface area (Å²) in [6.07, 6.45) is 8.90. The molecule has 1 unspecified atom stereocenters. The zero-order valence-electron chi connectivity index (χ0n) is 25.2. The number of pyridine rings is 1. The fourth-order valence-electron chi connectivity index (χ4n) is 6.63. The standard InChI is InChI=1S/C33H42N8O/c1-20-13-24-14-29(35-20)28-18-34-40(5)32(28)42-12-6-7-23(22-8-9-22)19-41-31-11-10-25(37-26-15-27(16-26)39(3)4)17-30(31)38-33(41)36-21(24)2/h10-11,13-14,17-18,22-23,26-27,37H,2,6-9,12,15-16,19H2,1,3-5H3,(H,36,38). The van der Waals surface area contributed by atoms with Gasteiger partial charge in [-0.1, -0.05) is 6.58 Å². The molecule has 2 bridgehead atoms. The van der Waals surface area contributed by atoms with E-state index in [0.29, 0.717) is 30.3 Å². The van der Waals surface area contributed by atoms with Gasteiger partial charge in [0.25, 0.3) is 0 Å². The minimum Gasteiger partial charge on any atom is -0.477 e. The van der Waals surface area contributed by atoms with Gasteiger partial charge in [-0.25, -0.2) is 9.67 Å². The van der Waals surface area contributed by atoms with Gasteiger partial charge in [-0.2, -0.15) is 5.10 Å². The first-order chi connectivity index (χ1) is 20.3. The molecule has 42 heavy (non-hydrogen) atoms. The molecule has 0 radical (unpaired) electrons. The molecule has 0 saturated heterocycles. The topological polar surface area (TPSA) is 82.8 Å². The van der Waals surface area contributed by atoms with Crippen molar-refractivity contribution < 1.29 is 4.74 Å². The van der Waals surface area contributed by atoms with Gasteiger partial charge >= 0.3 is 0 Å². The number of hydrogen-bond donors (Lipinski definition) is 2. The predicted octanol–water partition coefficient (Wildman–Crippen LogP) is 5.75. The van der Waals surface area contributed by atoms with Crippen LogP contribution in [-0.4, -0.2) is 65.0 Å². The van der Waals surface area contributed by atoms with Crippen LogP contribution in [0, 0.1) is 18.8 Å². The van der Waals surface area contributed by atoms with Gasteiger partial charge in [0.15, 0.2) is 0 Å². The second-order valence-corrected chi connectivity index (χ2v) is 12.7. The Morgan fingerprint density at radius 3 is 2.71 bits per heavy atom. The van der Waals surface area contributed by atoms with E-state index in [2.05, 4.69) is 64.4 Å². The van der Waals surface area contributed by atoms with E-state index in [4.69, 9.17) is 14.7 Å². The van der Waals surface area contributed by atoms with Crippen molar-refractivity contribution in [3.63, 3.8) is 0 Å². The summed E-state index contributed by atoms with van der Waals surface area (Å²) >= 11 is 0. The van der Waals surface area contributed by atoms with E-state index in [1.54, 1.807) is 4.68 Å². The minimum atomic E-state index is 0.519. The number of anilines is 3. The van der Waals surface area contributed by atoms with Crippen molar-refractivity contribution in [2.24, 2.45) is 23.9 Å². The maximum absolute atomic E-state index is 6.34. The third-order valence-electron chi connectivity index (χ3n) is 9.36. The van der Waals surface area contributed by atoms with E-state index < -0.39 is 0 Å². The van der Waals surface area contributed by atoms with Crippen molar-refractivity contribution in [1.82, 2.24) is 19.7 Å². The zero-order chi connectivity index (χ0) is 29.0. The number of nitrogens with zero attached hydrogens (tertiary/aromatic N) is 6. The van der Waals surface area contributed by atoms with Gasteiger partial charge in [0.05, 0.1) is 41.1 Å². The lowest BCUT2D eigenvalue weighted by Crippen LogP contribution is -2.46. The van der Waals surface area contributed by atoms with Gasteiger partial charge < -0.3 is 25.2 Å². The third-order valence-corrected chi connectivity index (χ3v) is 9.36. The van der Waals surface area contributed by atoms with Gasteiger partial charge in [0.2, 0.25) is 11.8 Å². The van der Waals surface area contributed by atoms with Crippen LogP contribution in [0.3, 0.4) is 0 Å². The Labute approximate surface area is 248 Å². The maximum Gasteiger partial charge on any atom is 0.221 e. The van der Waals surface area contributed by atoms with Gasteiger partial charge in [0, 0.05) is 42.6 Å². The Kier molecular flexibility index (Phi) is 6.92. The number of aliphatic imine (C=N–C) groups is 1. The lowest BCUT2D eigenvalue weighted by molar-refractivity contribution is 0.177. The van der Waals surface area contributed by atoms with Crippen molar-refractivity contribution in [1.29, 1.82) is 0 Å². The molecular formula is C33H42N8O. The second-order valence-electron chi connectivity index (χ2n) is 12.7. The number of ether oxygens (including phenoxy) is 1. The molecule has 2 aromatic heterocycles. The van der Waals surface area contributed by atoms with E-state index in [0.717, 1.165) is 71.0 Å². The monoisotopic (exact) mass is 566 g/mol. The van der Waals surface area contributed by atoms with Crippen molar-refractivity contribution in [3.8, 4) is 17.1 Å². The SMILES string of the molecule is C=C1/N=C2\Nc3cc(NC4CC(N(C)C)C4)ccc3N2CC(C2CC2)CCCOc2c(cnn2C)-c2cc1cc(C)n2. The Morgan fingerprint density at radius 2 is 1.93 bits per heavy atom. The molecule has 2 fully saturated rings. The lowest BCUT2D eigenvalue weighted by Gasteiger charge is -2.40. The highest BCUT2D eigenvalue weighted by atomic mass is 16.5. The van der Waals surface area contributed by atoms with Crippen LogP contribution < -0.4 is 20.3 Å². The molecule has 2 aliphatic heterocycles. The fraction of sp³-hybridized carbons (Fsp3) is 0.485. The number of nitrogens with one attached hydrogen (secondary N) is 2. The molecule has 9 heteroatoms. The van der Waals surface area contributed by atoms with E-state index in [1.165, 1.54) is 31.4 Å². The molecule has 2 aliphatic carbocycles. The van der Waals surface area contributed by atoms with E-state index in [-0.39, 0.29) is 0 Å². The molecular weight excluding hydrogens is 524 g/mol. The van der Waals surface area contributed by atoms with Crippen molar-refractivity contribution in [2.75, 3.05) is 42.8 Å². The smallest absolute Gasteiger partial charge is 0.221 e. The summed E-state index contributed by atoms with van der Waals surface area (Å²) in [6, 6.07) is 12.0. The largest absolute Gasteiger partial charge is 0.477 e. The minimum absolute atomic E-state index is 0.519. The lowest BCUT2D eigenvalue weighted by atomic mass is 9.86. The molecule has 0 amide bonds. The van der Waals surface area contributed by atoms with E-state index in [9.17, 15) is 0 Å². The quantitative estimate of drug-likeness (QED) is 0.416. The maximum atomic E-state index is 6.34. The molecule has 2 saturated carbocycles. The molecule has 2 N–H and O–H groups in total. The highest BCUT2D eigenvalue weighted by Gasteiger charge is 2.36. The number of benzene rings is 1. The van der Waals surface area contributed by atoms with Crippen LogP contribution in [0.25, 0.3) is 17.0 Å². The molecule has 7 rings (SSSR count). The van der Waals surface area contributed by atoms with E-state index in [1.807, 2.05) is 32.3 Å². The zero-order valence-corrected chi connectivity index (χ0v) is 25.2. The summed E-state index contributed by atoms with van der Waals surface area (Å²) in [4.78, 5) is 14.7. The van der Waals surface area contributed by atoms with Crippen molar-refractivity contribution in [2.45, 2.75) is 57.5 Å². The van der Waals surface area contributed by atoms with Crippen LogP contribution in [0.2, 0.25) is 0 Å². The molecule has 0 spiro atoms. The number of rotatable bonds is 4. The number of aryl methyl sites for hydroxylation is 2. The van der Waals surface area contributed by atoms with Crippen LogP contribution in [-0.2, 0) is 7.05 Å². The fourth-order valence-corrected chi connectivity index (χ4v) is 6.63. The van der Waals surface area contributed by atoms with E-state index >= 15 is 0 Å². The molecule has 220 valence electrons. The summed E-state index contributed by atoms with van der Waals surface area (Å²) in [5, 5.41) is 11.9. The summed E-state index contributed by atoms with van der Waals surface area (Å²) in [6.45, 7) is 8.00. The second kappa shape index (κ2) is 10.8. The van der Waals surface area contributed by atoms with Gasteiger partial charge in [-0.3, -0.25) is 4.98 Å². The first-order valence-electron chi connectivity index (χ1n) is 15.4. The Bertz CT molecular complexity index is 1530. The first kappa shape index (κ1) is 27.0. The van der Waals surface area contributed by atoms with Gasteiger partial charge in [0.1, 0.15) is 0 Å². The Hall–Kier alpha value is -3.85. The molecule has 4 aliphatic rings. The molecule has 3 aromatic rings. The molecule has 9 nitrogen and oxygen atoms in total. The predicted molar refractivity (Wildman–Crippen MR) is 170 cm³/mol. The normalized spacial score (nSPS) is 25.1. The van der Waals surface area contributed by atoms with Crippen LogP contribution in [0.15, 0.2) is 48.1 Å². The van der Waals surface area contributed by atoms with Crippen LogP contribution in [0.4, 0.5) is 17.1 Å². The average molecular weight is 567 g/mol. The Morgan fingerprint density at radius 1 is 1.10 bits per heavy atom. The Balaban J connectivity index is 1.22. The molecule has 1 atom stereocenters. The molecule has 4 heterocycles. The number of hydrogen-bond acceptors (Lipinski definition) is 8. The highest BCUT2D eigenvalue weighted by molar-refractivity contribution is 6.16. The van der Waals surface area contributed by atoms with Crippen molar-refractivity contribution >= 4 is 28.7 Å². The number of guanidine groups is 1. The van der Waals surface area contributed by atoms with Crippen LogP contribution in [0.5, 0.6) is 5.88 Å². The molecule has 1 aromatic carbocycles. The van der Waals surface area contributed by atoms with Crippen LogP contribution in [0.1, 0.15) is 49.8 Å². The average Bonchev–Trinajstić information content (AvgIpc) is 3.64. The summed E-state index contributed by atoms with van der Waals surface area (Å²) in [7, 11) is 6.26. The first-order valence-corrected chi connectivity index (χ1v) is 15.4. The number of aromatic nitrogens is 3. The number of fused-ring (bicyclic) bond motifs is 7. The summed E-state index contributed by atoms with van der Waals surface area (Å²) < 4.78 is 8.14. The van der Waals surface area contributed by atoms with Gasteiger partial charge in [-0.05, 0) is 102 Å². The van der Waals surface area contributed by atoms with Crippen LogP contribution >= 0.6 is 0 Å². The highest BCUT2D eigenvalue weighted by Crippen LogP contribution is 2.43. The summed E-state index contributed by atoms with van der Waals surface area (Å²) in [5.41, 5.74) is 7.70. The summed E-state index contributed by atoms with van der Waals surface area (Å²) in [5.74, 6) is 2.93.